The SMILES string of the molecule is CC(C)C1NC(=O)CN(CCOc2cccc(Br)c2)C1=O. The lowest BCUT2D eigenvalue weighted by molar-refractivity contribution is -0.145. The first-order chi connectivity index (χ1) is 9.97. The van der Waals surface area contributed by atoms with Crippen molar-refractivity contribution < 1.29 is 14.3 Å². The van der Waals surface area contributed by atoms with E-state index in [0.717, 1.165) is 10.2 Å². The van der Waals surface area contributed by atoms with Crippen molar-refractivity contribution in [3.05, 3.63) is 28.7 Å². The molecule has 0 saturated carbocycles. The molecule has 114 valence electrons. The number of ether oxygens (including phenoxy) is 1. The molecule has 1 aromatic rings. The van der Waals surface area contributed by atoms with Crippen LogP contribution in [0.5, 0.6) is 5.75 Å². The minimum atomic E-state index is -0.433. The summed E-state index contributed by atoms with van der Waals surface area (Å²) < 4.78 is 6.55. The second kappa shape index (κ2) is 6.93. The van der Waals surface area contributed by atoms with Gasteiger partial charge in [0.15, 0.2) is 0 Å². The van der Waals surface area contributed by atoms with Gasteiger partial charge < -0.3 is 15.0 Å². The molecule has 1 N–H and O–H groups in total. The monoisotopic (exact) mass is 354 g/mol. The maximum Gasteiger partial charge on any atom is 0.246 e. The van der Waals surface area contributed by atoms with E-state index in [-0.39, 0.29) is 24.3 Å². The predicted octanol–water partition coefficient (Wildman–Crippen LogP) is 1.81. The molecule has 0 aliphatic carbocycles. The fourth-order valence-electron chi connectivity index (χ4n) is 2.20. The van der Waals surface area contributed by atoms with Gasteiger partial charge >= 0.3 is 0 Å². The van der Waals surface area contributed by atoms with Gasteiger partial charge in [0.25, 0.3) is 0 Å². The van der Waals surface area contributed by atoms with E-state index in [0.29, 0.717) is 13.2 Å². The zero-order valence-electron chi connectivity index (χ0n) is 12.1. The Kier molecular flexibility index (Phi) is 5.22. The highest BCUT2D eigenvalue weighted by atomic mass is 79.9. The van der Waals surface area contributed by atoms with Gasteiger partial charge in [0.05, 0.1) is 13.1 Å². The molecule has 1 fully saturated rings. The molecule has 1 unspecified atom stereocenters. The van der Waals surface area contributed by atoms with Crippen molar-refractivity contribution in [1.82, 2.24) is 10.2 Å². The summed E-state index contributed by atoms with van der Waals surface area (Å²) in [6, 6.07) is 7.08. The third-order valence-electron chi connectivity index (χ3n) is 3.32. The van der Waals surface area contributed by atoms with Gasteiger partial charge in [-0.3, -0.25) is 9.59 Å². The predicted molar refractivity (Wildman–Crippen MR) is 83.0 cm³/mol. The summed E-state index contributed by atoms with van der Waals surface area (Å²) in [7, 11) is 0. The van der Waals surface area contributed by atoms with Crippen molar-refractivity contribution in [3.63, 3.8) is 0 Å². The number of hydrogen-bond acceptors (Lipinski definition) is 3. The average molecular weight is 355 g/mol. The smallest absolute Gasteiger partial charge is 0.246 e. The Labute approximate surface area is 132 Å². The molecule has 0 bridgehead atoms. The minimum Gasteiger partial charge on any atom is -0.492 e. The van der Waals surface area contributed by atoms with Gasteiger partial charge in [0.1, 0.15) is 18.4 Å². The molecule has 1 saturated heterocycles. The molecule has 2 amide bonds. The highest BCUT2D eigenvalue weighted by molar-refractivity contribution is 9.10. The molecule has 5 nitrogen and oxygen atoms in total. The number of nitrogens with zero attached hydrogens (tertiary/aromatic N) is 1. The largest absolute Gasteiger partial charge is 0.492 e. The second-order valence-corrected chi connectivity index (χ2v) is 6.27. The summed E-state index contributed by atoms with van der Waals surface area (Å²) >= 11 is 3.37. The molecule has 2 rings (SSSR count). The van der Waals surface area contributed by atoms with Gasteiger partial charge in [-0.05, 0) is 24.1 Å². The second-order valence-electron chi connectivity index (χ2n) is 5.35. The van der Waals surface area contributed by atoms with E-state index in [1.807, 2.05) is 38.1 Å². The lowest BCUT2D eigenvalue weighted by Gasteiger charge is -2.34. The van der Waals surface area contributed by atoms with E-state index in [1.54, 1.807) is 4.90 Å². The Morgan fingerprint density at radius 3 is 2.86 bits per heavy atom. The zero-order valence-corrected chi connectivity index (χ0v) is 13.7. The van der Waals surface area contributed by atoms with Crippen LogP contribution in [0.25, 0.3) is 0 Å². The third-order valence-corrected chi connectivity index (χ3v) is 3.81. The summed E-state index contributed by atoms with van der Waals surface area (Å²) in [5.41, 5.74) is 0. The van der Waals surface area contributed by atoms with E-state index in [2.05, 4.69) is 21.2 Å². The van der Waals surface area contributed by atoms with Crippen LogP contribution in [0.15, 0.2) is 28.7 Å². The van der Waals surface area contributed by atoms with Crippen LogP contribution in [0.4, 0.5) is 0 Å². The number of rotatable bonds is 5. The maximum atomic E-state index is 12.3. The van der Waals surface area contributed by atoms with Gasteiger partial charge in [-0.25, -0.2) is 0 Å². The van der Waals surface area contributed by atoms with Gasteiger partial charge in [0.2, 0.25) is 11.8 Å². The number of nitrogens with one attached hydrogen (secondary N) is 1. The van der Waals surface area contributed by atoms with E-state index < -0.39 is 6.04 Å². The Morgan fingerprint density at radius 1 is 1.43 bits per heavy atom. The van der Waals surface area contributed by atoms with Crippen LogP contribution in [-0.4, -0.2) is 42.5 Å². The summed E-state index contributed by atoms with van der Waals surface area (Å²) in [5.74, 6) is 0.659. The van der Waals surface area contributed by atoms with Crippen molar-refractivity contribution in [3.8, 4) is 5.75 Å². The molecule has 0 radical (unpaired) electrons. The van der Waals surface area contributed by atoms with Gasteiger partial charge in [0, 0.05) is 4.47 Å². The first kappa shape index (κ1) is 15.8. The first-order valence-corrected chi connectivity index (χ1v) is 7.73. The average Bonchev–Trinajstić information content (AvgIpc) is 2.42. The molecule has 1 aromatic carbocycles. The molecule has 1 aliphatic heterocycles. The number of hydrogen-bond donors (Lipinski definition) is 1. The van der Waals surface area contributed by atoms with Gasteiger partial charge in [-0.15, -0.1) is 0 Å². The summed E-state index contributed by atoms with van der Waals surface area (Å²) in [5, 5.41) is 2.73. The molecule has 1 heterocycles. The van der Waals surface area contributed by atoms with Gasteiger partial charge in [-0.2, -0.15) is 0 Å². The molecule has 1 aliphatic rings. The Balaban J connectivity index is 1.89. The van der Waals surface area contributed by atoms with Crippen LogP contribution >= 0.6 is 15.9 Å². The van der Waals surface area contributed by atoms with Crippen LogP contribution in [0.2, 0.25) is 0 Å². The van der Waals surface area contributed by atoms with Crippen molar-refractivity contribution in [2.24, 2.45) is 5.92 Å². The molecular weight excluding hydrogens is 336 g/mol. The highest BCUT2D eigenvalue weighted by Crippen LogP contribution is 2.18. The zero-order chi connectivity index (χ0) is 15.4. The van der Waals surface area contributed by atoms with Crippen LogP contribution < -0.4 is 10.1 Å². The van der Waals surface area contributed by atoms with Crippen molar-refractivity contribution in [1.29, 1.82) is 0 Å². The Hall–Kier alpha value is -1.56. The summed E-state index contributed by atoms with van der Waals surface area (Å²) in [4.78, 5) is 25.5. The van der Waals surface area contributed by atoms with Crippen molar-refractivity contribution >= 4 is 27.7 Å². The molecule has 21 heavy (non-hydrogen) atoms. The minimum absolute atomic E-state index is 0.0394. The lowest BCUT2D eigenvalue weighted by atomic mass is 10.0. The van der Waals surface area contributed by atoms with Crippen molar-refractivity contribution in [2.45, 2.75) is 19.9 Å². The number of halogens is 1. The number of benzene rings is 1. The first-order valence-electron chi connectivity index (χ1n) is 6.94. The standard InChI is InChI=1S/C15H19BrN2O3/c1-10(2)14-15(20)18(9-13(19)17-14)6-7-21-12-5-3-4-11(16)8-12/h3-5,8,10,14H,6-7,9H2,1-2H3,(H,17,19). The number of carbonyl (C=O) groups is 2. The number of piperazine rings is 1. The third kappa shape index (κ3) is 4.20. The summed E-state index contributed by atoms with van der Waals surface area (Å²) in [6.45, 7) is 4.71. The van der Waals surface area contributed by atoms with Crippen LogP contribution in [0, 0.1) is 5.92 Å². The fraction of sp³-hybridized carbons (Fsp3) is 0.467. The highest BCUT2D eigenvalue weighted by Gasteiger charge is 2.34. The maximum absolute atomic E-state index is 12.3. The summed E-state index contributed by atoms with van der Waals surface area (Å²) in [6.07, 6.45) is 0. The van der Waals surface area contributed by atoms with E-state index in [1.165, 1.54) is 0 Å². The Bertz CT molecular complexity index is 533. The van der Waals surface area contributed by atoms with Gasteiger partial charge in [-0.1, -0.05) is 35.8 Å². The number of carbonyl (C=O) groups excluding carboxylic acids is 2. The normalized spacial score (nSPS) is 18.9. The van der Waals surface area contributed by atoms with E-state index in [9.17, 15) is 9.59 Å². The molecular formula is C15H19BrN2O3. The Morgan fingerprint density at radius 2 is 2.19 bits per heavy atom. The molecule has 0 aromatic heterocycles. The molecule has 6 heteroatoms. The van der Waals surface area contributed by atoms with Crippen molar-refractivity contribution in [2.75, 3.05) is 19.7 Å². The quantitative estimate of drug-likeness (QED) is 0.877. The van der Waals surface area contributed by atoms with E-state index >= 15 is 0 Å². The van der Waals surface area contributed by atoms with Crippen LogP contribution in [0.3, 0.4) is 0 Å². The topological polar surface area (TPSA) is 58.6 Å². The van der Waals surface area contributed by atoms with Crippen LogP contribution in [-0.2, 0) is 9.59 Å². The van der Waals surface area contributed by atoms with E-state index in [4.69, 9.17) is 4.74 Å². The number of amides is 2. The molecule has 1 atom stereocenters. The molecule has 0 spiro atoms. The lowest BCUT2D eigenvalue weighted by Crippen LogP contribution is -2.60. The fourth-order valence-corrected chi connectivity index (χ4v) is 2.58. The van der Waals surface area contributed by atoms with Crippen LogP contribution in [0.1, 0.15) is 13.8 Å².